The van der Waals surface area contributed by atoms with Crippen molar-refractivity contribution >= 4 is 27.5 Å². The lowest BCUT2D eigenvalue weighted by atomic mass is 10.0. The monoisotopic (exact) mass is 1260 g/mol. The first-order valence-electron chi connectivity index (χ1n) is 21.7. The number of aryl methyl sites for hydroxylation is 2. The minimum absolute atomic E-state index is 0. The van der Waals surface area contributed by atoms with Gasteiger partial charge in [-0.2, -0.15) is 26.3 Å². The molecule has 0 aliphatic carbocycles. The number of ether oxygens (including phenoxy) is 4. The first-order chi connectivity index (χ1) is 38.1. The highest BCUT2D eigenvalue weighted by atomic mass is 79.9. The van der Waals surface area contributed by atoms with Crippen molar-refractivity contribution in [2.75, 3.05) is 34.8 Å². The van der Waals surface area contributed by atoms with E-state index >= 15 is 0 Å². The highest BCUT2D eigenvalue weighted by Crippen LogP contribution is 2.34. The number of hydrogen-bond acceptors (Lipinski definition) is 9. The molecule has 5 N–H and O–H groups in total. The first-order valence-corrected chi connectivity index (χ1v) is 23.3. The Kier molecular flexibility index (Phi) is 32.5. The molecule has 0 saturated heterocycles. The van der Waals surface area contributed by atoms with Crippen LogP contribution < -0.4 is 18.9 Å². The lowest BCUT2D eigenvalue weighted by molar-refractivity contribution is 0.371. The predicted octanol–water partition coefficient (Wildman–Crippen LogP) is 17.0. The number of rotatable bonds is 5. The molecule has 446 valence electrons. The highest BCUT2D eigenvalue weighted by Gasteiger charge is 2.18. The molecule has 8 rings (SSSR count). The molecule has 0 aliphatic heterocycles. The van der Waals surface area contributed by atoms with Gasteiger partial charge in [0, 0.05) is 16.4 Å². The molecule has 9 nitrogen and oxygen atoms in total. The quantitative estimate of drug-likeness (QED) is 0.0648. The van der Waals surface area contributed by atoms with E-state index in [-0.39, 0.29) is 47.1 Å². The summed E-state index contributed by atoms with van der Waals surface area (Å²) in [4.78, 5) is 0. The van der Waals surface area contributed by atoms with Gasteiger partial charge in [0.15, 0.2) is 110 Å². The molecule has 82 heavy (non-hydrogen) atoms. The van der Waals surface area contributed by atoms with Crippen LogP contribution in [-0.4, -0.2) is 60.4 Å². The van der Waals surface area contributed by atoms with Crippen molar-refractivity contribution in [1.82, 2.24) is 0 Å². The SMILES string of the molecule is C.CCl.COc1ccc(C)c(F)c1F.COc1ccc(C)c(F)c1F.COc1cccc(F)c1F.COc1cccc(F)c1F.Oc1cc(Br)cc(F)c1O.Oc1ccc(-c2cc(F)c(O)c(F)c2)c(F)c1F.Oc1cccc(F)c1F. The molecule has 8 aromatic rings. The van der Waals surface area contributed by atoms with E-state index in [2.05, 4.69) is 46.5 Å². The smallest absolute Gasteiger partial charge is 0.200 e. The number of phenolic OH excluding ortho intramolecular Hbond substituents is 5. The molecule has 0 unspecified atom stereocenters. The van der Waals surface area contributed by atoms with Gasteiger partial charge in [-0.05, 0) is 115 Å². The van der Waals surface area contributed by atoms with Crippen molar-refractivity contribution in [2.24, 2.45) is 0 Å². The maximum Gasteiger partial charge on any atom is 0.200 e. The largest absolute Gasteiger partial charge is 0.505 e. The van der Waals surface area contributed by atoms with Crippen LogP contribution in [0.5, 0.6) is 51.7 Å². The van der Waals surface area contributed by atoms with E-state index < -0.39 is 122 Å². The average Bonchev–Trinajstić information content (AvgIpc) is 3.44. The molecule has 26 heteroatoms. The van der Waals surface area contributed by atoms with Crippen LogP contribution in [0.2, 0.25) is 0 Å². The third kappa shape index (κ3) is 21.6. The van der Waals surface area contributed by atoms with Gasteiger partial charge in [-0.15, -0.1) is 11.6 Å². The molecule has 0 bridgehead atoms. The van der Waals surface area contributed by atoms with Crippen molar-refractivity contribution in [2.45, 2.75) is 21.3 Å². The third-order valence-corrected chi connectivity index (χ3v) is 9.98. The van der Waals surface area contributed by atoms with Crippen LogP contribution in [0.15, 0.2) is 120 Å². The molecule has 0 fully saturated rings. The van der Waals surface area contributed by atoms with E-state index in [1.54, 1.807) is 0 Å². The van der Waals surface area contributed by atoms with Crippen LogP contribution in [0.25, 0.3) is 11.1 Å². The van der Waals surface area contributed by atoms with Gasteiger partial charge in [0.1, 0.15) is 0 Å². The molecule has 0 aromatic heterocycles. The standard InChI is InChI=1S/C12H6F4O2.2C8H8F2O.2C7H6F2O.C6H4BrFO2.C6H4F2O.CH3Cl.CH4/c13-7-3-5(4-8(14)12(7)18)6-1-2-9(17)11(16)10(6)15;2*1-5-3-4-6(11-2)8(10)7(5)9;2*1-10-6-4-2-3-5(8)7(6)9;7-3-1-4(8)6(10)5(9)2-3;7-4-2-1-3-5(9)6(4)8;1-2;/h1-4,17-18H;2*3-4H,1-2H3;2*2-4H,1H3;1-2,9-10H;1-3,9H;1H3;1H4. The Hall–Kier alpha value is -8.32. The summed E-state index contributed by atoms with van der Waals surface area (Å²) in [5.74, 6) is -20.0. The minimum Gasteiger partial charge on any atom is -0.505 e. The van der Waals surface area contributed by atoms with Crippen molar-refractivity contribution in [1.29, 1.82) is 0 Å². The zero-order valence-electron chi connectivity index (χ0n) is 42.8. The fraction of sp³-hybridized carbons (Fsp3) is 0.143. The van der Waals surface area contributed by atoms with Crippen LogP contribution in [-0.2, 0) is 0 Å². The van der Waals surface area contributed by atoms with Gasteiger partial charge in [0.05, 0.1) is 28.4 Å². The Morgan fingerprint density at radius 2 is 0.695 bits per heavy atom. The Bertz CT molecular complexity index is 3150. The number of benzene rings is 8. The van der Waals surface area contributed by atoms with E-state index in [1.165, 1.54) is 109 Å². The number of phenols is 5. The van der Waals surface area contributed by atoms with E-state index in [9.17, 15) is 65.9 Å². The Morgan fingerprint density at radius 1 is 0.341 bits per heavy atom. The summed E-state index contributed by atoms with van der Waals surface area (Å²) in [7, 11) is 5.18. The summed E-state index contributed by atoms with van der Waals surface area (Å²) in [6.45, 7) is 3.00. The number of methoxy groups -OCH3 is 4. The van der Waals surface area contributed by atoms with E-state index in [0.29, 0.717) is 16.6 Å². The van der Waals surface area contributed by atoms with E-state index in [0.717, 1.165) is 42.5 Å². The van der Waals surface area contributed by atoms with E-state index in [4.69, 9.17) is 25.5 Å². The number of aromatic hydroxyl groups is 5. The summed E-state index contributed by atoms with van der Waals surface area (Å²) in [6, 6.07) is 22.0. The van der Waals surface area contributed by atoms with Crippen molar-refractivity contribution in [3.8, 4) is 62.9 Å². The van der Waals surface area contributed by atoms with E-state index in [1.807, 2.05) is 0 Å². The molecule has 0 amide bonds. The summed E-state index contributed by atoms with van der Waals surface area (Å²) in [5, 5.41) is 43.7. The minimum atomic E-state index is -1.51. The number of alkyl halides is 1. The number of hydrogen-bond donors (Lipinski definition) is 5. The highest BCUT2D eigenvalue weighted by molar-refractivity contribution is 9.10. The predicted molar refractivity (Wildman–Crippen MR) is 280 cm³/mol. The molecule has 0 radical (unpaired) electrons. The van der Waals surface area contributed by atoms with Crippen LogP contribution in [0.1, 0.15) is 18.6 Å². The summed E-state index contributed by atoms with van der Waals surface area (Å²) in [6.07, 6.45) is 1.47. The second-order valence-corrected chi connectivity index (χ2v) is 15.7. The van der Waals surface area contributed by atoms with Gasteiger partial charge < -0.3 is 44.5 Å². The fourth-order valence-corrected chi connectivity index (χ4v) is 5.80. The third-order valence-electron chi connectivity index (χ3n) is 9.52. The lowest BCUT2D eigenvalue weighted by Crippen LogP contribution is -1.93. The van der Waals surface area contributed by atoms with Gasteiger partial charge in [0.2, 0.25) is 29.1 Å². The molecular formula is C56H49BrClF15O9. The maximum absolute atomic E-state index is 13.5. The normalized spacial score (nSPS) is 9.61. The molecule has 0 aliphatic rings. The second kappa shape index (κ2) is 36.1. The Morgan fingerprint density at radius 3 is 1.05 bits per heavy atom. The van der Waals surface area contributed by atoms with Crippen molar-refractivity contribution in [3.05, 3.63) is 218 Å². The van der Waals surface area contributed by atoms with Crippen LogP contribution in [0.3, 0.4) is 0 Å². The molecular weight excluding hydrogens is 1220 g/mol. The second-order valence-electron chi connectivity index (χ2n) is 14.8. The van der Waals surface area contributed by atoms with Crippen LogP contribution in [0.4, 0.5) is 65.9 Å². The first kappa shape index (κ1) is 73.7. The molecule has 8 aromatic carbocycles. The summed E-state index contributed by atoms with van der Waals surface area (Å²) < 4.78 is 208. The topological polar surface area (TPSA) is 138 Å². The van der Waals surface area contributed by atoms with Crippen LogP contribution in [0, 0.1) is 101 Å². The molecule has 0 atom stereocenters. The van der Waals surface area contributed by atoms with Crippen molar-refractivity contribution < 1.29 is 110 Å². The van der Waals surface area contributed by atoms with Gasteiger partial charge in [-0.25, -0.2) is 39.5 Å². The maximum atomic E-state index is 13.5. The van der Waals surface area contributed by atoms with Gasteiger partial charge in [-0.1, -0.05) is 53.7 Å². The Labute approximate surface area is 473 Å². The zero-order chi connectivity index (χ0) is 62.0. The Balaban J connectivity index is 0.000000939. The molecule has 0 saturated carbocycles. The lowest BCUT2D eigenvalue weighted by Gasteiger charge is -2.07. The zero-order valence-corrected chi connectivity index (χ0v) is 45.1. The average molecular weight is 1270 g/mol. The van der Waals surface area contributed by atoms with Gasteiger partial charge >= 0.3 is 0 Å². The van der Waals surface area contributed by atoms with Gasteiger partial charge in [0.25, 0.3) is 0 Å². The van der Waals surface area contributed by atoms with Crippen molar-refractivity contribution in [3.63, 3.8) is 0 Å². The molecule has 0 spiro atoms. The molecule has 0 heterocycles. The summed E-state index contributed by atoms with van der Waals surface area (Å²) >= 11 is 7.57. The number of halogens is 17. The summed E-state index contributed by atoms with van der Waals surface area (Å²) in [5.41, 5.74) is -0.158. The fourth-order valence-electron chi connectivity index (χ4n) is 5.38. The van der Waals surface area contributed by atoms with Gasteiger partial charge in [-0.3, -0.25) is 0 Å². The van der Waals surface area contributed by atoms with Crippen LogP contribution >= 0.6 is 27.5 Å².